The highest BCUT2D eigenvalue weighted by molar-refractivity contribution is 5.91. The number of hydrogen-bond donors (Lipinski definition) is 3. The molecule has 3 N–H and O–H groups in total. The second-order valence-electron chi connectivity index (χ2n) is 4.20. The molecule has 1 aromatic rings. The van der Waals surface area contributed by atoms with E-state index in [1.165, 1.54) is 6.07 Å². The quantitative estimate of drug-likeness (QED) is 0.738. The molecular weight excluding hydrogens is 225 g/mol. The van der Waals surface area contributed by atoms with Crippen LogP contribution in [-0.2, 0) is 0 Å². The summed E-state index contributed by atoms with van der Waals surface area (Å²) in [6.45, 7) is 0.795. The molecule has 5 heteroatoms. The van der Waals surface area contributed by atoms with Crippen LogP contribution in [0.5, 0.6) is 5.75 Å². The van der Waals surface area contributed by atoms with Gasteiger partial charge in [0.05, 0.1) is 0 Å². The van der Waals surface area contributed by atoms with Crippen LogP contribution < -0.4 is 5.32 Å². The van der Waals surface area contributed by atoms with Crippen LogP contribution in [0.2, 0.25) is 0 Å². The van der Waals surface area contributed by atoms with Crippen molar-refractivity contribution in [3.05, 3.63) is 29.1 Å². The summed E-state index contributed by atoms with van der Waals surface area (Å²) in [6, 6.07) is 1.87. The lowest BCUT2D eigenvalue weighted by atomic mass is 9.95. The second-order valence-corrected chi connectivity index (χ2v) is 4.20. The molecule has 1 atom stereocenters. The third kappa shape index (κ3) is 2.39. The van der Waals surface area contributed by atoms with Crippen LogP contribution in [-0.4, -0.2) is 22.7 Å². The first-order chi connectivity index (χ1) is 8.09. The molecule has 1 heterocycles. The summed E-state index contributed by atoms with van der Waals surface area (Å²) in [7, 11) is 0. The van der Waals surface area contributed by atoms with Crippen molar-refractivity contribution in [1.29, 1.82) is 0 Å². The highest BCUT2D eigenvalue weighted by atomic mass is 19.1. The van der Waals surface area contributed by atoms with Gasteiger partial charge in [-0.2, -0.15) is 0 Å². The normalized spacial score (nSPS) is 20.2. The first-order valence-corrected chi connectivity index (χ1v) is 5.58. The lowest BCUT2D eigenvalue weighted by Gasteiger charge is -2.25. The van der Waals surface area contributed by atoms with Gasteiger partial charge < -0.3 is 15.5 Å². The Labute approximate surface area is 98.1 Å². The molecule has 0 aliphatic carbocycles. The van der Waals surface area contributed by atoms with Crippen LogP contribution in [0.15, 0.2) is 12.1 Å². The minimum Gasteiger partial charge on any atom is -0.507 e. The van der Waals surface area contributed by atoms with Crippen molar-refractivity contribution < 1.29 is 19.4 Å². The molecule has 2 rings (SSSR count). The zero-order valence-electron chi connectivity index (χ0n) is 9.24. The highest BCUT2D eigenvalue weighted by Crippen LogP contribution is 2.33. The van der Waals surface area contributed by atoms with E-state index in [9.17, 15) is 14.3 Å². The van der Waals surface area contributed by atoms with Crippen molar-refractivity contribution in [2.45, 2.75) is 25.3 Å². The third-order valence-corrected chi connectivity index (χ3v) is 3.02. The van der Waals surface area contributed by atoms with E-state index < -0.39 is 11.8 Å². The molecule has 1 aliphatic heterocycles. The van der Waals surface area contributed by atoms with Crippen molar-refractivity contribution in [2.24, 2.45) is 0 Å². The first-order valence-electron chi connectivity index (χ1n) is 5.58. The molecule has 0 saturated carbocycles. The molecule has 4 nitrogen and oxygen atoms in total. The van der Waals surface area contributed by atoms with Crippen LogP contribution in [0.1, 0.15) is 41.2 Å². The number of benzene rings is 1. The van der Waals surface area contributed by atoms with E-state index >= 15 is 0 Å². The zero-order chi connectivity index (χ0) is 12.4. The number of carboxylic acids is 1. The molecule has 0 aromatic heterocycles. The minimum atomic E-state index is -1.32. The lowest BCUT2D eigenvalue weighted by molar-refractivity contribution is 0.0692. The fourth-order valence-electron chi connectivity index (χ4n) is 2.17. The summed E-state index contributed by atoms with van der Waals surface area (Å²) in [5.41, 5.74) is -0.0468. The van der Waals surface area contributed by atoms with E-state index in [2.05, 4.69) is 5.32 Å². The van der Waals surface area contributed by atoms with Gasteiger partial charge in [0, 0.05) is 11.6 Å². The molecule has 1 aliphatic rings. The topological polar surface area (TPSA) is 69.6 Å². The summed E-state index contributed by atoms with van der Waals surface area (Å²) >= 11 is 0. The number of carbonyl (C=O) groups is 1. The molecule has 0 amide bonds. The van der Waals surface area contributed by atoms with Gasteiger partial charge in [0.2, 0.25) is 0 Å². The van der Waals surface area contributed by atoms with Crippen LogP contribution in [0, 0.1) is 5.82 Å². The molecule has 1 fully saturated rings. The van der Waals surface area contributed by atoms with Gasteiger partial charge in [-0.15, -0.1) is 0 Å². The predicted octanol–water partition coefficient (Wildman–Crippen LogP) is 2.04. The molecule has 0 bridgehead atoms. The summed E-state index contributed by atoms with van der Waals surface area (Å²) < 4.78 is 13.3. The second kappa shape index (κ2) is 4.71. The van der Waals surface area contributed by atoms with E-state index in [0.717, 1.165) is 31.9 Å². The maximum atomic E-state index is 13.3. The number of aromatic carboxylic acids is 1. The van der Waals surface area contributed by atoms with Crippen LogP contribution >= 0.6 is 0 Å². The molecule has 1 aromatic carbocycles. The fraction of sp³-hybridized carbons (Fsp3) is 0.417. The maximum absolute atomic E-state index is 13.3. The van der Waals surface area contributed by atoms with Crippen molar-refractivity contribution >= 4 is 5.97 Å². The zero-order valence-corrected chi connectivity index (χ0v) is 9.24. The summed E-state index contributed by atoms with van der Waals surface area (Å²) in [6.07, 6.45) is 2.80. The van der Waals surface area contributed by atoms with Gasteiger partial charge in [-0.05, 0) is 31.5 Å². The smallest absolute Gasteiger partial charge is 0.339 e. The van der Waals surface area contributed by atoms with Gasteiger partial charge in [0.15, 0.2) is 0 Å². The van der Waals surface area contributed by atoms with Crippen molar-refractivity contribution in [3.8, 4) is 5.75 Å². The molecule has 17 heavy (non-hydrogen) atoms. The van der Waals surface area contributed by atoms with E-state index in [-0.39, 0.29) is 17.4 Å². The van der Waals surface area contributed by atoms with Crippen LogP contribution in [0.4, 0.5) is 4.39 Å². The van der Waals surface area contributed by atoms with Crippen molar-refractivity contribution in [3.63, 3.8) is 0 Å². The maximum Gasteiger partial charge on any atom is 0.339 e. The monoisotopic (exact) mass is 239 g/mol. The Bertz CT molecular complexity index is 442. The number of aromatic hydroxyl groups is 1. The Morgan fingerprint density at radius 1 is 1.41 bits per heavy atom. The Morgan fingerprint density at radius 2 is 2.18 bits per heavy atom. The van der Waals surface area contributed by atoms with Gasteiger partial charge in [0.25, 0.3) is 0 Å². The predicted molar refractivity (Wildman–Crippen MR) is 59.6 cm³/mol. The molecule has 92 valence electrons. The van der Waals surface area contributed by atoms with E-state index in [0.29, 0.717) is 5.56 Å². The number of phenols is 1. The average molecular weight is 239 g/mol. The third-order valence-electron chi connectivity index (χ3n) is 3.02. The van der Waals surface area contributed by atoms with E-state index in [1.54, 1.807) is 0 Å². The largest absolute Gasteiger partial charge is 0.507 e. The molecule has 0 unspecified atom stereocenters. The number of nitrogens with one attached hydrogen (secondary N) is 1. The first kappa shape index (κ1) is 11.9. The number of piperidine rings is 1. The summed E-state index contributed by atoms with van der Waals surface area (Å²) in [5, 5.41) is 21.9. The number of hydrogen-bond acceptors (Lipinski definition) is 3. The molecule has 0 spiro atoms. The lowest BCUT2D eigenvalue weighted by Crippen LogP contribution is -2.27. The average Bonchev–Trinajstić information content (AvgIpc) is 2.32. The van der Waals surface area contributed by atoms with Gasteiger partial charge in [-0.3, -0.25) is 0 Å². The standard InChI is InChI=1S/C12H14FNO3/c13-7-5-8(10-3-1-2-4-14-10)11(15)9(6-7)12(16)17/h5-6,10,14-15H,1-4H2,(H,16,17)/t10-/m0/s1. The number of carboxylic acid groups (broad SMARTS) is 1. The SMILES string of the molecule is O=C(O)c1cc(F)cc([C@@H]2CCCCN2)c1O. The Balaban J connectivity index is 2.41. The minimum absolute atomic E-state index is 0.169. The number of rotatable bonds is 2. The van der Waals surface area contributed by atoms with Gasteiger partial charge in [-0.1, -0.05) is 6.42 Å². The number of halogens is 1. The summed E-state index contributed by atoms with van der Waals surface area (Å²) in [4.78, 5) is 10.9. The van der Waals surface area contributed by atoms with Gasteiger partial charge in [0.1, 0.15) is 17.1 Å². The molecular formula is C12H14FNO3. The van der Waals surface area contributed by atoms with Crippen LogP contribution in [0.3, 0.4) is 0 Å². The Morgan fingerprint density at radius 3 is 2.76 bits per heavy atom. The molecule has 1 saturated heterocycles. The van der Waals surface area contributed by atoms with Crippen molar-refractivity contribution in [1.82, 2.24) is 5.32 Å². The summed E-state index contributed by atoms with van der Waals surface area (Å²) in [5.74, 6) is -2.29. The van der Waals surface area contributed by atoms with E-state index in [4.69, 9.17) is 5.11 Å². The van der Waals surface area contributed by atoms with Crippen LogP contribution in [0.25, 0.3) is 0 Å². The Kier molecular flexibility index (Phi) is 3.28. The highest BCUT2D eigenvalue weighted by Gasteiger charge is 2.23. The Hall–Kier alpha value is -1.62. The van der Waals surface area contributed by atoms with Crippen molar-refractivity contribution in [2.75, 3.05) is 6.54 Å². The molecule has 0 radical (unpaired) electrons. The van der Waals surface area contributed by atoms with E-state index in [1.807, 2.05) is 0 Å². The van der Waals surface area contributed by atoms with Gasteiger partial charge >= 0.3 is 5.97 Å². The van der Waals surface area contributed by atoms with Gasteiger partial charge in [-0.25, -0.2) is 9.18 Å². The fourth-order valence-corrected chi connectivity index (χ4v) is 2.17.